The zero-order valence-corrected chi connectivity index (χ0v) is 15.8. The summed E-state index contributed by atoms with van der Waals surface area (Å²) in [5, 5.41) is 2.87. The molecule has 0 aliphatic carbocycles. The van der Waals surface area contributed by atoms with E-state index >= 15 is 0 Å². The maximum atomic E-state index is 11.2. The molecule has 0 rings (SSSR count). The number of quaternary nitrogens is 1. The number of unbranched alkanes of at least 4 members (excludes halogenated alkanes) is 9. The first-order chi connectivity index (χ1) is 10.0. The van der Waals surface area contributed by atoms with Gasteiger partial charge in [0.1, 0.15) is 0 Å². The molecular weight excluding hydrogens is 296 g/mol. The van der Waals surface area contributed by atoms with Gasteiger partial charge in [0.25, 0.3) is 0 Å². The molecule has 0 heterocycles. The number of nitrogens with one attached hydrogen (secondary N) is 1. The van der Waals surface area contributed by atoms with Crippen molar-refractivity contribution in [3.8, 4) is 0 Å². The number of carbonyl (C=O) groups is 1. The van der Waals surface area contributed by atoms with Crippen LogP contribution in [-0.2, 0) is 4.79 Å². The molecule has 0 spiro atoms. The summed E-state index contributed by atoms with van der Waals surface area (Å²) in [6, 6.07) is 0. The van der Waals surface area contributed by atoms with Gasteiger partial charge in [-0.2, -0.15) is 0 Å². The minimum absolute atomic E-state index is 0. The largest absolute Gasteiger partial charge is 1.00 e. The Balaban J connectivity index is 0. The van der Waals surface area contributed by atoms with E-state index in [2.05, 4.69) is 32.9 Å². The van der Waals surface area contributed by atoms with Crippen molar-refractivity contribution in [3.05, 3.63) is 12.7 Å². The molecule has 22 heavy (non-hydrogen) atoms. The fraction of sp³-hybridized carbons (Fsp3) is 0.833. The average Bonchev–Trinajstić information content (AvgIpc) is 2.46. The number of amides is 1. The highest BCUT2D eigenvalue weighted by atomic mass is 35.5. The Labute approximate surface area is 144 Å². The molecule has 0 saturated heterocycles. The molecule has 0 aromatic rings. The number of carbonyl (C=O) groups excluding carboxylic acids is 1. The molecule has 0 bridgehead atoms. The van der Waals surface area contributed by atoms with E-state index < -0.39 is 0 Å². The number of hydrogen-bond acceptors (Lipinski definition) is 1. The summed E-state index contributed by atoms with van der Waals surface area (Å²) in [5.74, 6) is -0.0794. The molecule has 4 heteroatoms. The third-order valence-electron chi connectivity index (χ3n) is 3.98. The molecule has 3 nitrogen and oxygen atoms in total. The normalized spacial score (nSPS) is 10.9. The van der Waals surface area contributed by atoms with Gasteiger partial charge in [0.15, 0.2) is 6.67 Å². The Kier molecular flexibility index (Phi) is 16.6. The Morgan fingerprint density at radius 3 is 1.86 bits per heavy atom. The van der Waals surface area contributed by atoms with Crippen LogP contribution in [0.25, 0.3) is 0 Å². The molecule has 0 atom stereocenters. The highest BCUT2D eigenvalue weighted by molar-refractivity contribution is 5.86. The lowest BCUT2D eigenvalue weighted by Gasteiger charge is -2.29. The summed E-state index contributed by atoms with van der Waals surface area (Å²) in [6.45, 7) is 7.54. The summed E-state index contributed by atoms with van der Waals surface area (Å²) in [5.41, 5.74) is 0. The average molecular weight is 333 g/mol. The summed E-state index contributed by atoms with van der Waals surface area (Å²) >= 11 is 0. The zero-order chi connectivity index (χ0) is 16.0. The quantitative estimate of drug-likeness (QED) is 0.220. The molecule has 0 saturated carbocycles. The molecule has 132 valence electrons. The molecule has 0 aliphatic rings. The molecule has 0 fully saturated rings. The first-order valence-electron chi connectivity index (χ1n) is 8.74. The molecule has 0 radical (unpaired) electrons. The monoisotopic (exact) mass is 332 g/mol. The SMILES string of the molecule is C=CC(=O)NC[N+](C)(C)CCCCCCCCCCCC.[Cl-]. The van der Waals surface area contributed by atoms with E-state index in [0.717, 1.165) is 11.0 Å². The first kappa shape index (κ1) is 23.7. The Hall–Kier alpha value is -0.540. The van der Waals surface area contributed by atoms with Crippen molar-refractivity contribution < 1.29 is 21.7 Å². The predicted octanol–water partition coefficient (Wildman–Crippen LogP) is 1.25. The summed E-state index contributed by atoms with van der Waals surface area (Å²) in [6.07, 6.45) is 15.0. The van der Waals surface area contributed by atoms with Gasteiger partial charge >= 0.3 is 0 Å². The van der Waals surface area contributed by atoms with Crippen molar-refractivity contribution in [2.75, 3.05) is 27.3 Å². The molecule has 1 amide bonds. The van der Waals surface area contributed by atoms with E-state index in [9.17, 15) is 4.79 Å². The number of halogens is 1. The second-order valence-electron chi connectivity index (χ2n) is 6.74. The van der Waals surface area contributed by atoms with Crippen LogP contribution in [-0.4, -0.2) is 37.7 Å². The van der Waals surface area contributed by atoms with Crippen LogP contribution in [0, 0.1) is 0 Å². The lowest BCUT2D eigenvalue weighted by atomic mass is 10.1. The standard InChI is InChI=1S/C18H36N2O.ClH/c1-5-7-8-9-10-11-12-13-14-15-16-20(3,4)17-19-18(21)6-2;/h6H,2,5,7-17H2,1,3-4H3;1H. The molecule has 1 N–H and O–H groups in total. The molecular formula is C18H37ClN2O. The van der Waals surface area contributed by atoms with Crippen LogP contribution in [0.5, 0.6) is 0 Å². The van der Waals surface area contributed by atoms with Crippen LogP contribution in [0.3, 0.4) is 0 Å². The molecule has 0 aromatic carbocycles. The van der Waals surface area contributed by atoms with Crippen molar-refractivity contribution in [2.24, 2.45) is 0 Å². The van der Waals surface area contributed by atoms with Crippen LogP contribution < -0.4 is 17.7 Å². The minimum atomic E-state index is -0.0794. The van der Waals surface area contributed by atoms with Crippen LogP contribution in [0.2, 0.25) is 0 Å². The van der Waals surface area contributed by atoms with Gasteiger partial charge < -0.3 is 22.2 Å². The number of hydrogen-bond donors (Lipinski definition) is 1. The smallest absolute Gasteiger partial charge is 0.247 e. The molecule has 0 aromatic heterocycles. The van der Waals surface area contributed by atoms with Crippen molar-refractivity contribution in [2.45, 2.75) is 71.1 Å². The highest BCUT2D eigenvalue weighted by Gasteiger charge is 2.14. The van der Waals surface area contributed by atoms with Gasteiger partial charge in [-0.05, 0) is 18.9 Å². The second-order valence-corrected chi connectivity index (χ2v) is 6.74. The van der Waals surface area contributed by atoms with E-state index in [0.29, 0.717) is 6.67 Å². The summed E-state index contributed by atoms with van der Waals surface area (Å²) in [4.78, 5) is 11.2. The van der Waals surface area contributed by atoms with Crippen molar-refractivity contribution in [1.29, 1.82) is 0 Å². The van der Waals surface area contributed by atoms with Crippen molar-refractivity contribution >= 4 is 5.91 Å². The zero-order valence-electron chi connectivity index (χ0n) is 15.0. The first-order valence-corrected chi connectivity index (χ1v) is 8.74. The fourth-order valence-corrected chi connectivity index (χ4v) is 2.47. The highest BCUT2D eigenvalue weighted by Crippen LogP contribution is 2.11. The summed E-state index contributed by atoms with van der Waals surface area (Å²) in [7, 11) is 4.33. The van der Waals surface area contributed by atoms with Gasteiger partial charge in [-0.15, -0.1) is 0 Å². The second kappa shape index (κ2) is 15.4. The van der Waals surface area contributed by atoms with E-state index in [1.807, 2.05) is 0 Å². The molecule has 0 unspecified atom stereocenters. The number of nitrogens with zero attached hydrogens (tertiary/aromatic N) is 1. The lowest BCUT2D eigenvalue weighted by Crippen LogP contribution is -3.00. The molecule has 0 aliphatic heterocycles. The van der Waals surface area contributed by atoms with E-state index in [1.54, 1.807) is 0 Å². The Bertz CT molecular complexity index is 280. The fourth-order valence-electron chi connectivity index (χ4n) is 2.47. The van der Waals surface area contributed by atoms with Gasteiger partial charge in [0.2, 0.25) is 5.91 Å². The van der Waals surface area contributed by atoms with E-state index in [1.165, 1.54) is 70.3 Å². The van der Waals surface area contributed by atoms with Gasteiger partial charge in [-0.25, -0.2) is 0 Å². The predicted molar refractivity (Wildman–Crippen MR) is 92.0 cm³/mol. The Morgan fingerprint density at radius 2 is 1.41 bits per heavy atom. The van der Waals surface area contributed by atoms with Crippen LogP contribution >= 0.6 is 0 Å². The maximum absolute atomic E-state index is 11.2. The topological polar surface area (TPSA) is 29.1 Å². The van der Waals surface area contributed by atoms with E-state index in [-0.39, 0.29) is 18.3 Å². The van der Waals surface area contributed by atoms with Crippen molar-refractivity contribution in [3.63, 3.8) is 0 Å². The third kappa shape index (κ3) is 15.8. The van der Waals surface area contributed by atoms with Gasteiger partial charge in [0.05, 0.1) is 20.6 Å². The van der Waals surface area contributed by atoms with Crippen LogP contribution in [0.15, 0.2) is 12.7 Å². The van der Waals surface area contributed by atoms with E-state index in [4.69, 9.17) is 0 Å². The van der Waals surface area contributed by atoms with Gasteiger partial charge in [-0.3, -0.25) is 4.79 Å². The maximum Gasteiger partial charge on any atom is 0.247 e. The number of rotatable bonds is 14. The minimum Gasteiger partial charge on any atom is -1.00 e. The third-order valence-corrected chi connectivity index (χ3v) is 3.98. The Morgan fingerprint density at radius 1 is 0.955 bits per heavy atom. The van der Waals surface area contributed by atoms with Crippen LogP contribution in [0.4, 0.5) is 0 Å². The van der Waals surface area contributed by atoms with Crippen molar-refractivity contribution in [1.82, 2.24) is 5.32 Å². The van der Waals surface area contributed by atoms with Gasteiger partial charge in [0, 0.05) is 0 Å². The van der Waals surface area contributed by atoms with Gasteiger partial charge in [-0.1, -0.05) is 64.9 Å². The lowest BCUT2D eigenvalue weighted by molar-refractivity contribution is -0.892. The summed E-state index contributed by atoms with van der Waals surface area (Å²) < 4.78 is 0.844. The van der Waals surface area contributed by atoms with Crippen LogP contribution in [0.1, 0.15) is 71.1 Å².